The van der Waals surface area contributed by atoms with E-state index in [4.69, 9.17) is 9.47 Å². The lowest BCUT2D eigenvalue weighted by atomic mass is 9.88. The summed E-state index contributed by atoms with van der Waals surface area (Å²) in [5.41, 5.74) is 1.28. The fraction of sp³-hybridized carbons (Fsp3) is 0.483. The van der Waals surface area contributed by atoms with Crippen molar-refractivity contribution in [3.05, 3.63) is 60.9 Å². The van der Waals surface area contributed by atoms with Crippen LogP contribution < -0.4 is 14.8 Å². The van der Waals surface area contributed by atoms with Crippen molar-refractivity contribution in [2.45, 2.75) is 60.3 Å². The van der Waals surface area contributed by atoms with Gasteiger partial charge in [0.1, 0.15) is 18.5 Å². The number of rotatable bonds is 12. The Bertz CT molecular complexity index is 1620. The molecule has 43 heavy (non-hydrogen) atoms. The van der Waals surface area contributed by atoms with Gasteiger partial charge in [-0.25, -0.2) is 21.6 Å². The van der Waals surface area contributed by atoms with Crippen molar-refractivity contribution in [2.75, 3.05) is 39.9 Å². The molecule has 234 valence electrons. The molecule has 3 heterocycles. The minimum absolute atomic E-state index is 0.0102. The van der Waals surface area contributed by atoms with Crippen LogP contribution >= 0.6 is 0 Å². The molecule has 3 aromatic rings. The number of aliphatic hydroxyl groups excluding tert-OH is 1. The Hall–Kier alpha value is -2.85. The molecule has 0 amide bonds. The zero-order valence-electron chi connectivity index (χ0n) is 24.3. The number of nitrogens with zero attached hydrogens (tertiary/aromatic N) is 3. The molecule has 2 aromatic carbocycles. The number of aliphatic hydroxyl groups is 1. The molecule has 5 rings (SSSR count). The van der Waals surface area contributed by atoms with Gasteiger partial charge in [-0.2, -0.15) is 9.40 Å². The standard InChI is InChI=1S/C29H39N5O7S2/c1-3-33-19-23(17-32-33)22-6-4-9-28(14-22)43(38,39)34-12-10-29(11-13-34)16-24(20-41-29)31-18-25(35)21-40-26-7-5-8-27(15-26)42(36,37)30-2/h4-9,14-15,17,19,24-25,30-31,35H,3,10-13,16,18,20-21H2,1-2H3/t24?,25-/m0/s1. The Morgan fingerprint density at radius 3 is 2.56 bits per heavy atom. The van der Waals surface area contributed by atoms with Crippen molar-refractivity contribution in [3.8, 4) is 16.9 Å². The zero-order chi connectivity index (χ0) is 30.7. The van der Waals surface area contributed by atoms with Crippen molar-refractivity contribution >= 4 is 20.0 Å². The van der Waals surface area contributed by atoms with Crippen LogP contribution in [0.15, 0.2) is 70.7 Å². The lowest BCUT2D eigenvalue weighted by Crippen LogP contribution is -2.47. The van der Waals surface area contributed by atoms with Crippen molar-refractivity contribution in [1.29, 1.82) is 0 Å². The third-order valence-electron chi connectivity index (χ3n) is 8.07. The normalized spacial score (nSPS) is 19.9. The molecule has 0 radical (unpaired) electrons. The van der Waals surface area contributed by atoms with Crippen LogP contribution in [0.4, 0.5) is 0 Å². The van der Waals surface area contributed by atoms with E-state index in [0.717, 1.165) is 24.1 Å². The van der Waals surface area contributed by atoms with Crippen LogP contribution in [0, 0.1) is 0 Å². The number of hydrogen-bond acceptors (Lipinski definition) is 9. The minimum Gasteiger partial charge on any atom is -0.491 e. The van der Waals surface area contributed by atoms with Gasteiger partial charge < -0.3 is 19.9 Å². The number of hydrogen-bond donors (Lipinski definition) is 3. The summed E-state index contributed by atoms with van der Waals surface area (Å²) in [4.78, 5) is 0.352. The first-order valence-corrected chi connectivity index (χ1v) is 17.3. The van der Waals surface area contributed by atoms with Gasteiger partial charge in [-0.1, -0.05) is 18.2 Å². The second-order valence-electron chi connectivity index (χ2n) is 11.0. The number of sulfonamides is 2. The number of aryl methyl sites for hydroxylation is 1. The first-order chi connectivity index (χ1) is 20.5. The first-order valence-electron chi connectivity index (χ1n) is 14.4. The molecular weight excluding hydrogens is 594 g/mol. The van der Waals surface area contributed by atoms with Gasteiger partial charge in [-0.3, -0.25) is 4.68 Å². The summed E-state index contributed by atoms with van der Waals surface area (Å²) in [7, 11) is -5.92. The van der Waals surface area contributed by atoms with E-state index >= 15 is 0 Å². The molecule has 2 atom stereocenters. The predicted molar refractivity (Wildman–Crippen MR) is 161 cm³/mol. The highest BCUT2D eigenvalue weighted by Gasteiger charge is 2.44. The fourth-order valence-electron chi connectivity index (χ4n) is 5.53. The molecule has 2 saturated heterocycles. The van der Waals surface area contributed by atoms with E-state index < -0.39 is 31.8 Å². The van der Waals surface area contributed by atoms with Gasteiger partial charge in [0.05, 0.1) is 28.2 Å². The Morgan fingerprint density at radius 2 is 1.84 bits per heavy atom. The summed E-state index contributed by atoms with van der Waals surface area (Å²) in [5.74, 6) is 0.347. The van der Waals surface area contributed by atoms with Crippen molar-refractivity contribution in [3.63, 3.8) is 0 Å². The summed E-state index contributed by atoms with van der Waals surface area (Å²) in [6.07, 6.45) is 4.72. The highest BCUT2D eigenvalue weighted by atomic mass is 32.2. The van der Waals surface area contributed by atoms with Crippen LogP contribution in [0.2, 0.25) is 0 Å². The SMILES string of the molecule is CCn1cc(-c2cccc(S(=O)(=O)N3CCC4(CC3)CC(NC[C@H](O)COc3cccc(S(=O)(=O)NC)c3)CO4)c2)cn1. The Balaban J connectivity index is 1.10. The molecule has 0 bridgehead atoms. The molecule has 2 aliphatic rings. The fourth-order valence-corrected chi connectivity index (χ4v) is 7.78. The van der Waals surface area contributed by atoms with Gasteiger partial charge in [0.2, 0.25) is 20.0 Å². The van der Waals surface area contributed by atoms with Crippen LogP contribution in [-0.4, -0.2) is 93.7 Å². The number of ether oxygens (including phenoxy) is 2. The Kier molecular flexibility index (Phi) is 9.56. The third kappa shape index (κ3) is 7.28. The van der Waals surface area contributed by atoms with E-state index in [1.807, 2.05) is 19.2 Å². The van der Waals surface area contributed by atoms with E-state index in [9.17, 15) is 21.9 Å². The van der Waals surface area contributed by atoms with Crippen molar-refractivity contribution < 1.29 is 31.4 Å². The van der Waals surface area contributed by atoms with E-state index in [2.05, 4.69) is 15.1 Å². The van der Waals surface area contributed by atoms with E-state index in [1.165, 1.54) is 23.5 Å². The maximum atomic E-state index is 13.5. The van der Waals surface area contributed by atoms with Crippen molar-refractivity contribution in [1.82, 2.24) is 24.1 Å². The van der Waals surface area contributed by atoms with Gasteiger partial charge in [0.15, 0.2) is 0 Å². The Morgan fingerprint density at radius 1 is 1.09 bits per heavy atom. The third-order valence-corrected chi connectivity index (χ3v) is 11.4. The largest absolute Gasteiger partial charge is 0.491 e. The quantitative estimate of drug-likeness (QED) is 0.271. The topological polar surface area (TPSA) is 152 Å². The first kappa shape index (κ1) is 31.6. The highest BCUT2D eigenvalue weighted by Crippen LogP contribution is 2.37. The average Bonchev–Trinajstić information content (AvgIpc) is 3.67. The van der Waals surface area contributed by atoms with E-state index in [1.54, 1.807) is 41.2 Å². The van der Waals surface area contributed by atoms with E-state index in [0.29, 0.717) is 38.3 Å². The van der Waals surface area contributed by atoms with Crippen LogP contribution in [0.1, 0.15) is 26.2 Å². The molecule has 3 N–H and O–H groups in total. The molecule has 0 saturated carbocycles. The molecule has 0 aliphatic carbocycles. The van der Waals surface area contributed by atoms with Gasteiger partial charge in [-0.05, 0) is 63.1 Å². The smallest absolute Gasteiger partial charge is 0.243 e. The van der Waals surface area contributed by atoms with Crippen LogP contribution in [0.5, 0.6) is 5.75 Å². The lowest BCUT2D eigenvalue weighted by molar-refractivity contribution is -0.0312. The Labute approximate surface area is 253 Å². The summed E-state index contributed by atoms with van der Waals surface area (Å²) in [6, 6.07) is 13.1. The van der Waals surface area contributed by atoms with Gasteiger partial charge in [-0.15, -0.1) is 0 Å². The second-order valence-corrected chi connectivity index (χ2v) is 14.8. The summed E-state index contributed by atoms with van der Waals surface area (Å²) < 4.78 is 68.4. The molecule has 14 heteroatoms. The summed E-state index contributed by atoms with van der Waals surface area (Å²) >= 11 is 0. The maximum absolute atomic E-state index is 13.5. The summed E-state index contributed by atoms with van der Waals surface area (Å²) in [5, 5.41) is 18.1. The maximum Gasteiger partial charge on any atom is 0.243 e. The van der Waals surface area contributed by atoms with Gasteiger partial charge in [0, 0.05) is 50.0 Å². The molecular formula is C29H39N5O7S2. The lowest BCUT2D eigenvalue weighted by Gasteiger charge is -2.38. The number of nitrogens with one attached hydrogen (secondary N) is 2. The molecule has 2 fully saturated rings. The summed E-state index contributed by atoms with van der Waals surface area (Å²) in [6.45, 7) is 4.20. The van der Waals surface area contributed by atoms with Crippen LogP contribution in [0.3, 0.4) is 0 Å². The number of piperidine rings is 1. The number of benzene rings is 2. The zero-order valence-corrected chi connectivity index (χ0v) is 26.0. The van der Waals surface area contributed by atoms with Gasteiger partial charge in [0.25, 0.3) is 0 Å². The van der Waals surface area contributed by atoms with Gasteiger partial charge >= 0.3 is 0 Å². The molecule has 2 aliphatic heterocycles. The van der Waals surface area contributed by atoms with Crippen LogP contribution in [-0.2, 0) is 31.3 Å². The van der Waals surface area contributed by atoms with Crippen LogP contribution in [0.25, 0.3) is 11.1 Å². The monoisotopic (exact) mass is 633 g/mol. The molecule has 1 unspecified atom stereocenters. The minimum atomic E-state index is -3.66. The van der Waals surface area contributed by atoms with E-state index in [-0.39, 0.29) is 29.0 Å². The molecule has 1 spiro atoms. The average molecular weight is 634 g/mol. The molecule has 12 nitrogen and oxygen atoms in total. The predicted octanol–water partition coefficient (Wildman–Crippen LogP) is 1.82. The number of aromatic nitrogens is 2. The van der Waals surface area contributed by atoms with Crippen molar-refractivity contribution in [2.24, 2.45) is 0 Å². The highest BCUT2D eigenvalue weighted by molar-refractivity contribution is 7.89. The molecule has 1 aromatic heterocycles. The second kappa shape index (κ2) is 13.0.